The van der Waals surface area contributed by atoms with Crippen molar-refractivity contribution in [2.45, 2.75) is 32.6 Å². The molecule has 1 aliphatic rings. The Labute approximate surface area is 120 Å². The molecule has 1 amide bonds. The molecule has 1 aliphatic heterocycles. The molecular weight excluding hydrogens is 258 g/mol. The highest BCUT2D eigenvalue weighted by atomic mass is 35.5. The number of hydrogen-bond acceptors (Lipinski definition) is 1. The van der Waals surface area contributed by atoms with Crippen molar-refractivity contribution in [1.82, 2.24) is 4.90 Å². The van der Waals surface area contributed by atoms with Crippen LogP contribution in [0.5, 0.6) is 0 Å². The summed E-state index contributed by atoms with van der Waals surface area (Å²) in [7, 11) is 0. The average Bonchev–Trinajstić information content (AvgIpc) is 2.47. The number of amides is 1. The van der Waals surface area contributed by atoms with Gasteiger partial charge in [-0.05, 0) is 38.2 Å². The fourth-order valence-electron chi connectivity index (χ4n) is 2.63. The Morgan fingerprint density at radius 2 is 1.84 bits per heavy atom. The van der Waals surface area contributed by atoms with Gasteiger partial charge in [-0.15, -0.1) is 11.6 Å². The highest BCUT2D eigenvalue weighted by Crippen LogP contribution is 2.30. The number of hydrogen-bond donors (Lipinski definition) is 0. The zero-order chi connectivity index (χ0) is 13.9. The van der Waals surface area contributed by atoms with E-state index in [9.17, 15) is 4.79 Å². The highest BCUT2D eigenvalue weighted by Gasteiger charge is 2.33. The predicted molar refractivity (Wildman–Crippen MR) is 79.5 cm³/mol. The van der Waals surface area contributed by atoms with Crippen molar-refractivity contribution in [3.63, 3.8) is 0 Å². The van der Waals surface area contributed by atoms with Gasteiger partial charge in [0, 0.05) is 19.0 Å². The van der Waals surface area contributed by atoms with Gasteiger partial charge in [0.25, 0.3) is 0 Å². The molecular formula is C16H22ClNO. The van der Waals surface area contributed by atoms with Gasteiger partial charge >= 0.3 is 0 Å². The number of piperidine rings is 1. The predicted octanol–water partition coefficient (Wildman–Crippen LogP) is 3.66. The summed E-state index contributed by atoms with van der Waals surface area (Å²) in [6.45, 7) is 5.54. The van der Waals surface area contributed by atoms with E-state index in [1.807, 2.05) is 24.8 Å². The van der Waals surface area contributed by atoms with E-state index in [1.165, 1.54) is 5.56 Å². The topological polar surface area (TPSA) is 20.3 Å². The lowest BCUT2D eigenvalue weighted by molar-refractivity contribution is -0.140. The van der Waals surface area contributed by atoms with Gasteiger partial charge in [0.05, 0.1) is 5.41 Å². The number of halogens is 1. The van der Waals surface area contributed by atoms with Crippen LogP contribution in [0.2, 0.25) is 0 Å². The van der Waals surface area contributed by atoms with Crippen LogP contribution >= 0.6 is 11.6 Å². The first-order valence-corrected chi connectivity index (χ1v) is 7.48. The number of alkyl halides is 1. The Hall–Kier alpha value is -1.02. The lowest BCUT2D eigenvalue weighted by atomic mass is 9.87. The molecule has 0 saturated carbocycles. The summed E-state index contributed by atoms with van der Waals surface area (Å²) in [6, 6.07) is 10.6. The molecule has 0 radical (unpaired) electrons. The van der Waals surface area contributed by atoms with Gasteiger partial charge in [-0.3, -0.25) is 4.79 Å². The van der Waals surface area contributed by atoms with Crippen molar-refractivity contribution in [2.24, 2.45) is 5.41 Å². The second kappa shape index (κ2) is 5.96. The van der Waals surface area contributed by atoms with Crippen LogP contribution in [0.15, 0.2) is 30.3 Å². The van der Waals surface area contributed by atoms with E-state index in [-0.39, 0.29) is 5.91 Å². The molecule has 3 heteroatoms. The van der Waals surface area contributed by atoms with Gasteiger partial charge in [0.2, 0.25) is 5.91 Å². The molecule has 1 saturated heterocycles. The third-order valence-electron chi connectivity index (χ3n) is 3.97. The van der Waals surface area contributed by atoms with E-state index >= 15 is 0 Å². The number of carbonyl (C=O) groups excluding carboxylic acids is 1. The van der Waals surface area contributed by atoms with E-state index in [2.05, 4.69) is 24.3 Å². The summed E-state index contributed by atoms with van der Waals surface area (Å²) in [4.78, 5) is 14.3. The van der Waals surface area contributed by atoms with Crippen LogP contribution in [-0.2, 0) is 4.79 Å². The Bertz CT molecular complexity index is 422. The minimum Gasteiger partial charge on any atom is -0.342 e. The maximum absolute atomic E-state index is 12.3. The molecule has 0 N–H and O–H groups in total. The lowest BCUT2D eigenvalue weighted by Gasteiger charge is -2.36. The smallest absolute Gasteiger partial charge is 0.229 e. The minimum atomic E-state index is -0.443. The summed E-state index contributed by atoms with van der Waals surface area (Å²) in [5.74, 6) is 1.16. The molecule has 1 aromatic carbocycles. The third kappa shape index (κ3) is 3.30. The number of rotatable bonds is 3. The molecule has 1 aromatic rings. The summed E-state index contributed by atoms with van der Waals surface area (Å²) in [5.41, 5.74) is 0.951. The van der Waals surface area contributed by atoms with E-state index in [4.69, 9.17) is 11.6 Å². The van der Waals surface area contributed by atoms with Crippen LogP contribution in [0.25, 0.3) is 0 Å². The Balaban J connectivity index is 1.95. The number of benzene rings is 1. The van der Waals surface area contributed by atoms with Crippen molar-refractivity contribution in [2.75, 3.05) is 19.0 Å². The first-order chi connectivity index (χ1) is 9.04. The molecule has 0 atom stereocenters. The summed E-state index contributed by atoms with van der Waals surface area (Å²) in [5, 5.41) is 0. The minimum absolute atomic E-state index is 0.189. The lowest BCUT2D eigenvalue weighted by Crippen LogP contribution is -2.45. The van der Waals surface area contributed by atoms with Crippen LogP contribution < -0.4 is 0 Å². The maximum Gasteiger partial charge on any atom is 0.229 e. The molecule has 2 rings (SSSR count). The standard InChI is InChI=1S/C16H22ClNO/c1-16(2,12-17)15(19)18-10-8-14(9-11-18)13-6-4-3-5-7-13/h3-7,14H,8-12H2,1-2H3. The Morgan fingerprint density at radius 1 is 1.26 bits per heavy atom. The third-order valence-corrected chi connectivity index (χ3v) is 4.63. The molecule has 1 fully saturated rings. The van der Waals surface area contributed by atoms with Crippen LogP contribution in [-0.4, -0.2) is 29.8 Å². The van der Waals surface area contributed by atoms with Gasteiger partial charge < -0.3 is 4.90 Å². The van der Waals surface area contributed by atoms with Crippen LogP contribution in [0.3, 0.4) is 0 Å². The van der Waals surface area contributed by atoms with Crippen molar-refractivity contribution in [3.05, 3.63) is 35.9 Å². The monoisotopic (exact) mass is 279 g/mol. The van der Waals surface area contributed by atoms with E-state index in [1.54, 1.807) is 0 Å². The molecule has 0 spiro atoms. The normalized spacial score (nSPS) is 17.5. The Morgan fingerprint density at radius 3 is 2.37 bits per heavy atom. The first kappa shape index (κ1) is 14.4. The zero-order valence-corrected chi connectivity index (χ0v) is 12.5. The highest BCUT2D eigenvalue weighted by molar-refractivity contribution is 6.19. The van der Waals surface area contributed by atoms with Crippen molar-refractivity contribution in [1.29, 1.82) is 0 Å². The van der Waals surface area contributed by atoms with Crippen LogP contribution in [0, 0.1) is 5.41 Å². The fraction of sp³-hybridized carbons (Fsp3) is 0.562. The molecule has 0 aromatic heterocycles. The van der Waals surface area contributed by atoms with Crippen LogP contribution in [0.4, 0.5) is 0 Å². The molecule has 0 unspecified atom stereocenters. The first-order valence-electron chi connectivity index (χ1n) is 6.95. The zero-order valence-electron chi connectivity index (χ0n) is 11.7. The van der Waals surface area contributed by atoms with E-state index in [0.29, 0.717) is 11.8 Å². The SMILES string of the molecule is CC(C)(CCl)C(=O)N1CCC(c2ccccc2)CC1. The second-order valence-electron chi connectivity index (χ2n) is 5.99. The van der Waals surface area contributed by atoms with Crippen molar-refractivity contribution < 1.29 is 4.79 Å². The quantitative estimate of drug-likeness (QED) is 0.774. The summed E-state index contributed by atoms with van der Waals surface area (Å²) >= 11 is 5.88. The van der Waals surface area contributed by atoms with Crippen molar-refractivity contribution >= 4 is 17.5 Å². The molecule has 19 heavy (non-hydrogen) atoms. The molecule has 0 bridgehead atoms. The van der Waals surface area contributed by atoms with Gasteiger partial charge in [-0.2, -0.15) is 0 Å². The maximum atomic E-state index is 12.3. The van der Waals surface area contributed by atoms with Gasteiger partial charge in [-0.25, -0.2) is 0 Å². The number of nitrogens with zero attached hydrogens (tertiary/aromatic N) is 1. The van der Waals surface area contributed by atoms with Crippen LogP contribution in [0.1, 0.15) is 38.2 Å². The largest absolute Gasteiger partial charge is 0.342 e. The van der Waals surface area contributed by atoms with Gasteiger partial charge in [0.1, 0.15) is 0 Å². The Kier molecular flexibility index (Phi) is 4.51. The van der Waals surface area contributed by atoms with Gasteiger partial charge in [0.15, 0.2) is 0 Å². The summed E-state index contributed by atoms with van der Waals surface area (Å²) in [6.07, 6.45) is 2.10. The second-order valence-corrected chi connectivity index (χ2v) is 6.26. The van der Waals surface area contributed by atoms with Crippen molar-refractivity contribution in [3.8, 4) is 0 Å². The molecule has 0 aliphatic carbocycles. The van der Waals surface area contributed by atoms with Gasteiger partial charge in [-0.1, -0.05) is 30.3 Å². The molecule has 1 heterocycles. The van der Waals surface area contributed by atoms with E-state index < -0.39 is 5.41 Å². The number of carbonyl (C=O) groups is 1. The number of likely N-dealkylation sites (tertiary alicyclic amines) is 1. The fourth-order valence-corrected chi connectivity index (χ4v) is 2.74. The average molecular weight is 280 g/mol. The molecule has 104 valence electrons. The summed E-state index contributed by atoms with van der Waals surface area (Å²) < 4.78 is 0. The van der Waals surface area contributed by atoms with E-state index in [0.717, 1.165) is 25.9 Å². The molecule has 2 nitrogen and oxygen atoms in total.